The molecule has 0 saturated carbocycles. The second-order valence-electron chi connectivity index (χ2n) is 5.48. The number of nitriles is 1. The van der Waals surface area contributed by atoms with Gasteiger partial charge in [0, 0.05) is 30.1 Å². The zero-order valence-corrected chi connectivity index (χ0v) is 13.2. The van der Waals surface area contributed by atoms with Crippen molar-refractivity contribution in [3.8, 4) is 23.7 Å². The summed E-state index contributed by atoms with van der Waals surface area (Å²) in [5.41, 5.74) is 4.16. The van der Waals surface area contributed by atoms with Gasteiger partial charge in [0.2, 0.25) is 0 Å². The molecule has 0 saturated heterocycles. The molecule has 0 radical (unpaired) electrons. The normalized spacial score (nSPS) is 9.83. The Morgan fingerprint density at radius 1 is 1.12 bits per heavy atom. The van der Waals surface area contributed by atoms with Crippen molar-refractivity contribution in [3.63, 3.8) is 0 Å². The summed E-state index contributed by atoms with van der Waals surface area (Å²) in [6, 6.07) is 12.9. The van der Waals surface area contributed by atoms with Gasteiger partial charge in [0.25, 0.3) is 0 Å². The van der Waals surface area contributed by atoms with Gasteiger partial charge in [0.05, 0.1) is 11.9 Å². The number of aromatic hydroxyl groups is 1. The molecule has 0 aliphatic heterocycles. The number of nitrogens with zero attached hydrogens (tertiary/aromatic N) is 3. The highest BCUT2D eigenvalue weighted by atomic mass is 16.3. The summed E-state index contributed by atoms with van der Waals surface area (Å²) >= 11 is 0. The molecule has 1 heterocycles. The average molecular weight is 313 g/mol. The van der Waals surface area contributed by atoms with Crippen molar-refractivity contribution >= 4 is 0 Å². The molecule has 3 rings (SSSR count). The van der Waals surface area contributed by atoms with Gasteiger partial charge in [-0.1, -0.05) is 24.0 Å². The molecule has 2 aromatic carbocycles. The van der Waals surface area contributed by atoms with Crippen LogP contribution in [0.3, 0.4) is 0 Å². The summed E-state index contributed by atoms with van der Waals surface area (Å²) in [7, 11) is 0. The molecule has 0 unspecified atom stereocenters. The Morgan fingerprint density at radius 3 is 2.71 bits per heavy atom. The standard InChI is InChI=1S/C20H15N3O/c1-15-10-17(13-23-9-8-22-14-23)3-6-18(15)5-2-16-4-7-20(24)19(11-16)12-21/h3-4,6-11,14,24H,13H2,1H3. The summed E-state index contributed by atoms with van der Waals surface area (Å²) in [5.74, 6) is 6.14. The Kier molecular flexibility index (Phi) is 4.32. The van der Waals surface area contributed by atoms with Crippen molar-refractivity contribution < 1.29 is 5.11 Å². The van der Waals surface area contributed by atoms with Crippen molar-refractivity contribution in [1.29, 1.82) is 5.26 Å². The lowest BCUT2D eigenvalue weighted by atomic mass is 10.0. The number of phenols is 1. The van der Waals surface area contributed by atoms with E-state index in [1.165, 1.54) is 11.6 Å². The molecule has 24 heavy (non-hydrogen) atoms. The maximum absolute atomic E-state index is 9.52. The van der Waals surface area contributed by atoms with Crippen LogP contribution in [-0.4, -0.2) is 14.7 Å². The lowest BCUT2D eigenvalue weighted by Crippen LogP contribution is -1.97. The molecule has 0 atom stereocenters. The van der Waals surface area contributed by atoms with Crippen molar-refractivity contribution in [2.45, 2.75) is 13.5 Å². The van der Waals surface area contributed by atoms with E-state index in [9.17, 15) is 5.11 Å². The third-order valence-electron chi connectivity index (χ3n) is 3.67. The third-order valence-corrected chi connectivity index (χ3v) is 3.67. The third kappa shape index (κ3) is 3.45. The Bertz CT molecular complexity index is 970. The van der Waals surface area contributed by atoms with Crippen LogP contribution < -0.4 is 0 Å². The summed E-state index contributed by atoms with van der Waals surface area (Å²) in [6.45, 7) is 2.80. The van der Waals surface area contributed by atoms with Crippen molar-refractivity contribution in [1.82, 2.24) is 9.55 Å². The molecule has 0 aliphatic rings. The quantitative estimate of drug-likeness (QED) is 0.739. The van der Waals surface area contributed by atoms with Crippen LogP contribution in [0, 0.1) is 30.1 Å². The van der Waals surface area contributed by atoms with E-state index in [4.69, 9.17) is 5.26 Å². The van der Waals surface area contributed by atoms with E-state index in [2.05, 4.69) is 29.0 Å². The van der Waals surface area contributed by atoms with E-state index in [1.54, 1.807) is 24.7 Å². The van der Waals surface area contributed by atoms with E-state index in [1.807, 2.05) is 29.8 Å². The van der Waals surface area contributed by atoms with Crippen LogP contribution in [0.2, 0.25) is 0 Å². The Labute approximate surface area is 140 Å². The fourth-order valence-corrected chi connectivity index (χ4v) is 2.40. The van der Waals surface area contributed by atoms with Crippen LogP contribution in [0.25, 0.3) is 0 Å². The van der Waals surface area contributed by atoms with Crippen LogP contribution in [0.1, 0.15) is 27.8 Å². The molecule has 0 spiro atoms. The Balaban J connectivity index is 1.83. The smallest absolute Gasteiger partial charge is 0.133 e. The zero-order chi connectivity index (χ0) is 16.9. The first kappa shape index (κ1) is 15.4. The largest absolute Gasteiger partial charge is 0.507 e. The lowest BCUT2D eigenvalue weighted by molar-refractivity contribution is 0.473. The van der Waals surface area contributed by atoms with E-state index in [0.29, 0.717) is 5.56 Å². The lowest BCUT2D eigenvalue weighted by Gasteiger charge is -2.05. The molecular formula is C20H15N3O. The van der Waals surface area contributed by atoms with E-state index < -0.39 is 0 Å². The van der Waals surface area contributed by atoms with Crippen LogP contribution in [-0.2, 0) is 6.54 Å². The number of hydrogen-bond acceptors (Lipinski definition) is 3. The number of phenolic OH excluding ortho intramolecular Hbond substituents is 1. The first-order chi connectivity index (χ1) is 11.7. The Morgan fingerprint density at radius 2 is 2.00 bits per heavy atom. The van der Waals surface area contributed by atoms with E-state index >= 15 is 0 Å². The van der Waals surface area contributed by atoms with Gasteiger partial charge in [-0.2, -0.15) is 5.26 Å². The van der Waals surface area contributed by atoms with Gasteiger partial charge in [0.1, 0.15) is 11.8 Å². The van der Waals surface area contributed by atoms with Gasteiger partial charge in [-0.3, -0.25) is 0 Å². The number of hydrogen-bond donors (Lipinski definition) is 1. The molecule has 116 valence electrons. The van der Waals surface area contributed by atoms with Crippen molar-refractivity contribution in [2.24, 2.45) is 0 Å². The zero-order valence-electron chi connectivity index (χ0n) is 13.2. The maximum Gasteiger partial charge on any atom is 0.133 e. The summed E-state index contributed by atoms with van der Waals surface area (Å²) < 4.78 is 2.01. The second-order valence-corrected chi connectivity index (χ2v) is 5.48. The first-order valence-corrected chi connectivity index (χ1v) is 7.46. The second kappa shape index (κ2) is 6.73. The predicted octanol–water partition coefficient (Wildman–Crippen LogP) is 3.22. The molecule has 0 aliphatic carbocycles. The van der Waals surface area contributed by atoms with Crippen LogP contribution in [0.5, 0.6) is 5.75 Å². The van der Waals surface area contributed by atoms with E-state index in [0.717, 1.165) is 17.7 Å². The minimum Gasteiger partial charge on any atom is -0.507 e. The van der Waals surface area contributed by atoms with Gasteiger partial charge >= 0.3 is 0 Å². The van der Waals surface area contributed by atoms with Crippen LogP contribution in [0.15, 0.2) is 55.1 Å². The molecule has 0 amide bonds. The maximum atomic E-state index is 9.52. The molecule has 1 aromatic heterocycles. The van der Waals surface area contributed by atoms with Gasteiger partial charge < -0.3 is 9.67 Å². The number of benzene rings is 2. The Hall–Kier alpha value is -3.50. The highest BCUT2D eigenvalue weighted by Crippen LogP contribution is 2.17. The monoisotopic (exact) mass is 313 g/mol. The van der Waals surface area contributed by atoms with Gasteiger partial charge in [-0.05, 0) is 42.3 Å². The highest BCUT2D eigenvalue weighted by molar-refractivity contribution is 5.52. The molecule has 1 N–H and O–H groups in total. The number of aromatic nitrogens is 2. The summed E-state index contributed by atoms with van der Waals surface area (Å²) in [5, 5.41) is 18.5. The minimum atomic E-state index is -0.0249. The van der Waals surface area contributed by atoms with Gasteiger partial charge in [-0.15, -0.1) is 0 Å². The highest BCUT2D eigenvalue weighted by Gasteiger charge is 2.01. The van der Waals surface area contributed by atoms with Crippen LogP contribution in [0.4, 0.5) is 0 Å². The molecule has 4 heteroatoms. The molecule has 4 nitrogen and oxygen atoms in total. The van der Waals surface area contributed by atoms with Crippen LogP contribution >= 0.6 is 0 Å². The first-order valence-electron chi connectivity index (χ1n) is 7.46. The van der Waals surface area contributed by atoms with E-state index in [-0.39, 0.29) is 11.3 Å². The topological polar surface area (TPSA) is 61.8 Å². The summed E-state index contributed by atoms with van der Waals surface area (Å²) in [4.78, 5) is 4.04. The van der Waals surface area contributed by atoms with Crippen molar-refractivity contribution in [2.75, 3.05) is 0 Å². The molecule has 0 fully saturated rings. The van der Waals surface area contributed by atoms with Gasteiger partial charge in [0.15, 0.2) is 0 Å². The molecular weight excluding hydrogens is 298 g/mol. The van der Waals surface area contributed by atoms with Crippen molar-refractivity contribution in [3.05, 3.63) is 82.9 Å². The number of rotatable bonds is 2. The van der Waals surface area contributed by atoms with Gasteiger partial charge in [-0.25, -0.2) is 4.98 Å². The number of imidazole rings is 1. The summed E-state index contributed by atoms with van der Waals surface area (Å²) in [6.07, 6.45) is 5.49. The fourth-order valence-electron chi connectivity index (χ4n) is 2.40. The average Bonchev–Trinajstić information content (AvgIpc) is 3.08. The molecule has 0 bridgehead atoms. The molecule has 3 aromatic rings. The predicted molar refractivity (Wildman–Crippen MR) is 91.3 cm³/mol. The SMILES string of the molecule is Cc1cc(Cn2ccnc2)ccc1C#Cc1ccc(O)c(C#N)c1. The fraction of sp³-hybridized carbons (Fsp3) is 0.100. The number of aryl methyl sites for hydroxylation is 1. The minimum absolute atomic E-state index is 0.0249.